The fourth-order valence-corrected chi connectivity index (χ4v) is 0.708. The molecule has 0 atom stereocenters. The average molecular weight is 196 g/mol. The van der Waals surface area contributed by atoms with Gasteiger partial charge in [0.15, 0.2) is 0 Å². The number of carbonyl (C=O) groups excluding carboxylic acids is 2. The molecule has 2 N–H and O–H groups in total. The van der Waals surface area contributed by atoms with Crippen LogP contribution >= 0.6 is 0 Å². The molecule has 1 amide bonds. The van der Waals surface area contributed by atoms with Gasteiger partial charge >= 0.3 is 12.1 Å². The number of carbonyl (C=O) groups is 2. The lowest BCUT2D eigenvalue weighted by molar-refractivity contribution is -0.0000320. The molecule has 0 fully saturated rings. The lowest BCUT2D eigenvalue weighted by Gasteiger charge is -2.03. The quantitative estimate of drug-likeness (QED) is 0.554. The summed E-state index contributed by atoms with van der Waals surface area (Å²) >= 11 is 0. The number of pyridine rings is 1. The maximum absolute atomic E-state index is 11.1. The number of hydrogen-bond donors (Lipinski definition) is 1. The summed E-state index contributed by atoms with van der Waals surface area (Å²) in [4.78, 5) is 25.0. The van der Waals surface area contributed by atoms with Crippen molar-refractivity contribution in [1.82, 2.24) is 4.98 Å². The van der Waals surface area contributed by atoms with E-state index in [9.17, 15) is 9.59 Å². The highest BCUT2D eigenvalue weighted by atomic mass is 16.7. The second-order valence-electron chi connectivity index (χ2n) is 2.25. The molecular weight excluding hydrogens is 188 g/mol. The Morgan fingerprint density at radius 1 is 1.43 bits per heavy atom. The van der Waals surface area contributed by atoms with Crippen LogP contribution in [0.5, 0.6) is 0 Å². The summed E-state index contributed by atoms with van der Waals surface area (Å²) in [5.41, 5.74) is 4.93. The van der Waals surface area contributed by atoms with Gasteiger partial charge in [0.25, 0.3) is 0 Å². The molecule has 0 aliphatic rings. The minimum absolute atomic E-state index is 0.278. The van der Waals surface area contributed by atoms with E-state index in [1.807, 2.05) is 0 Å². The van der Waals surface area contributed by atoms with E-state index >= 15 is 0 Å². The summed E-state index contributed by atoms with van der Waals surface area (Å²) in [5.74, 6) is -0.626. The number of nitrogens with two attached hydrogens (primary N) is 1. The maximum Gasteiger partial charge on any atom is 0.407 e. The summed E-state index contributed by atoms with van der Waals surface area (Å²) in [6.45, 7) is -0.497. The molecule has 0 aliphatic heterocycles. The van der Waals surface area contributed by atoms with E-state index in [1.54, 1.807) is 6.07 Å². The van der Waals surface area contributed by atoms with Crippen molar-refractivity contribution in [3.05, 3.63) is 30.1 Å². The fraction of sp³-hybridized carbons (Fsp3) is 0.125. The normalized spacial score (nSPS) is 9.14. The third kappa shape index (κ3) is 3.10. The Morgan fingerprint density at radius 3 is 2.79 bits per heavy atom. The maximum atomic E-state index is 11.1. The monoisotopic (exact) mass is 196 g/mol. The Bertz CT molecular complexity index is 325. The molecule has 0 bridgehead atoms. The zero-order valence-corrected chi connectivity index (χ0v) is 7.17. The standard InChI is InChI=1S/C8H8N2O4/c9-8(12)14-5-13-7(11)6-2-1-3-10-4-6/h1-4H,5H2,(H2,9,12). The van der Waals surface area contributed by atoms with E-state index in [-0.39, 0.29) is 5.56 Å². The predicted octanol–water partition coefficient (Wildman–Crippen LogP) is 0.291. The number of hydrogen-bond acceptors (Lipinski definition) is 5. The molecule has 0 spiro atoms. The van der Waals surface area contributed by atoms with Gasteiger partial charge < -0.3 is 15.2 Å². The molecule has 0 aromatic carbocycles. The van der Waals surface area contributed by atoms with Crippen LogP contribution in [0, 0.1) is 0 Å². The van der Waals surface area contributed by atoms with Crippen LogP contribution in [0.15, 0.2) is 24.5 Å². The number of nitrogens with zero attached hydrogens (tertiary/aromatic N) is 1. The first-order valence-corrected chi connectivity index (χ1v) is 3.69. The van der Waals surface area contributed by atoms with Crippen LogP contribution < -0.4 is 5.73 Å². The Hall–Kier alpha value is -2.11. The second-order valence-corrected chi connectivity index (χ2v) is 2.25. The van der Waals surface area contributed by atoms with Crippen LogP contribution in [0.1, 0.15) is 10.4 Å². The Morgan fingerprint density at radius 2 is 2.21 bits per heavy atom. The molecule has 1 aromatic rings. The van der Waals surface area contributed by atoms with E-state index in [0.29, 0.717) is 0 Å². The molecule has 0 saturated heterocycles. The highest BCUT2D eigenvalue weighted by Gasteiger charge is 2.06. The first-order valence-electron chi connectivity index (χ1n) is 3.69. The molecule has 0 aliphatic carbocycles. The average Bonchev–Trinajstić information content (AvgIpc) is 2.18. The van der Waals surface area contributed by atoms with Crippen molar-refractivity contribution in [1.29, 1.82) is 0 Å². The minimum Gasteiger partial charge on any atom is -0.424 e. The predicted molar refractivity (Wildman–Crippen MR) is 45.2 cm³/mol. The van der Waals surface area contributed by atoms with Crippen molar-refractivity contribution in [2.24, 2.45) is 5.73 Å². The van der Waals surface area contributed by atoms with Crippen molar-refractivity contribution in [2.75, 3.05) is 6.79 Å². The van der Waals surface area contributed by atoms with Crippen LogP contribution in [-0.4, -0.2) is 23.8 Å². The molecular formula is C8H8N2O4. The third-order valence-corrected chi connectivity index (χ3v) is 1.29. The van der Waals surface area contributed by atoms with Gasteiger partial charge in [0.05, 0.1) is 5.56 Å². The van der Waals surface area contributed by atoms with Crippen LogP contribution in [-0.2, 0) is 9.47 Å². The second kappa shape index (κ2) is 4.80. The summed E-state index contributed by atoms with van der Waals surface area (Å²) < 4.78 is 8.75. The van der Waals surface area contributed by atoms with E-state index in [2.05, 4.69) is 20.2 Å². The number of aromatic nitrogens is 1. The van der Waals surface area contributed by atoms with Gasteiger partial charge in [0.2, 0.25) is 6.79 Å². The van der Waals surface area contributed by atoms with Gasteiger partial charge in [0.1, 0.15) is 0 Å². The zero-order valence-electron chi connectivity index (χ0n) is 7.17. The molecule has 1 aromatic heterocycles. The Labute approximate surface area is 79.6 Å². The molecule has 6 heteroatoms. The molecule has 14 heavy (non-hydrogen) atoms. The highest BCUT2D eigenvalue weighted by Crippen LogP contribution is 1.98. The SMILES string of the molecule is NC(=O)OCOC(=O)c1cccnc1. The minimum atomic E-state index is -0.996. The van der Waals surface area contributed by atoms with Crippen LogP contribution in [0.25, 0.3) is 0 Å². The van der Waals surface area contributed by atoms with Gasteiger partial charge in [-0.05, 0) is 12.1 Å². The fourth-order valence-electron chi connectivity index (χ4n) is 0.708. The molecule has 6 nitrogen and oxygen atoms in total. The molecule has 0 radical (unpaired) electrons. The van der Waals surface area contributed by atoms with Crippen molar-refractivity contribution >= 4 is 12.1 Å². The Kier molecular flexibility index (Phi) is 3.42. The van der Waals surface area contributed by atoms with Crippen molar-refractivity contribution in [2.45, 2.75) is 0 Å². The molecule has 74 valence electrons. The van der Waals surface area contributed by atoms with Crippen molar-refractivity contribution in [3.8, 4) is 0 Å². The first kappa shape index (κ1) is 9.97. The number of ether oxygens (including phenoxy) is 2. The Balaban J connectivity index is 2.40. The lowest BCUT2D eigenvalue weighted by Crippen LogP contribution is -2.17. The van der Waals surface area contributed by atoms with Gasteiger partial charge in [-0.2, -0.15) is 0 Å². The summed E-state index contributed by atoms with van der Waals surface area (Å²) in [5, 5.41) is 0. The van der Waals surface area contributed by atoms with E-state index in [0.717, 1.165) is 0 Å². The van der Waals surface area contributed by atoms with E-state index in [1.165, 1.54) is 18.5 Å². The van der Waals surface area contributed by atoms with E-state index < -0.39 is 18.9 Å². The first-order chi connectivity index (χ1) is 6.70. The van der Waals surface area contributed by atoms with Crippen molar-refractivity contribution < 1.29 is 19.1 Å². The number of primary amides is 1. The largest absolute Gasteiger partial charge is 0.424 e. The lowest BCUT2D eigenvalue weighted by atomic mass is 10.3. The van der Waals surface area contributed by atoms with Crippen LogP contribution in [0.3, 0.4) is 0 Å². The molecule has 0 unspecified atom stereocenters. The molecule has 0 saturated carbocycles. The van der Waals surface area contributed by atoms with Gasteiger partial charge in [0, 0.05) is 12.4 Å². The van der Waals surface area contributed by atoms with Gasteiger partial charge in [-0.1, -0.05) is 0 Å². The van der Waals surface area contributed by atoms with Crippen molar-refractivity contribution in [3.63, 3.8) is 0 Å². The summed E-state index contributed by atoms with van der Waals surface area (Å²) in [7, 11) is 0. The molecule has 1 heterocycles. The zero-order chi connectivity index (χ0) is 10.4. The van der Waals surface area contributed by atoms with Crippen LogP contribution in [0.4, 0.5) is 4.79 Å². The topological polar surface area (TPSA) is 91.5 Å². The number of esters is 1. The smallest absolute Gasteiger partial charge is 0.407 e. The van der Waals surface area contributed by atoms with Gasteiger partial charge in [-0.25, -0.2) is 9.59 Å². The highest BCUT2D eigenvalue weighted by molar-refractivity contribution is 5.88. The number of amides is 1. The van der Waals surface area contributed by atoms with Gasteiger partial charge in [-0.3, -0.25) is 4.98 Å². The number of rotatable bonds is 3. The summed E-state index contributed by atoms with van der Waals surface area (Å²) in [6.07, 6.45) is 1.87. The van der Waals surface area contributed by atoms with Crippen LogP contribution in [0.2, 0.25) is 0 Å². The third-order valence-electron chi connectivity index (χ3n) is 1.29. The van der Waals surface area contributed by atoms with Gasteiger partial charge in [-0.15, -0.1) is 0 Å². The molecule has 1 rings (SSSR count). The van der Waals surface area contributed by atoms with E-state index in [4.69, 9.17) is 0 Å². The summed E-state index contributed by atoms with van der Waals surface area (Å²) in [6, 6.07) is 3.12.